The minimum absolute atomic E-state index is 0.0849. The zero-order valence-corrected chi connectivity index (χ0v) is 11.5. The van der Waals surface area contributed by atoms with Gasteiger partial charge in [-0.2, -0.15) is 0 Å². The summed E-state index contributed by atoms with van der Waals surface area (Å²) >= 11 is 0. The largest absolute Gasteiger partial charge is 0.394 e. The van der Waals surface area contributed by atoms with Crippen molar-refractivity contribution >= 4 is 5.69 Å². The lowest BCUT2D eigenvalue weighted by Crippen LogP contribution is -2.23. The van der Waals surface area contributed by atoms with Gasteiger partial charge in [-0.3, -0.25) is 0 Å². The highest BCUT2D eigenvalue weighted by atomic mass is 16.5. The Morgan fingerprint density at radius 1 is 1.22 bits per heavy atom. The SMILES string of the molecule is CC(NCCOCCO)c1ccc(N(C)C)cc1. The highest BCUT2D eigenvalue weighted by Gasteiger charge is 2.04. The Morgan fingerprint density at radius 3 is 2.44 bits per heavy atom. The monoisotopic (exact) mass is 252 g/mol. The van der Waals surface area contributed by atoms with Crippen molar-refractivity contribution in [1.29, 1.82) is 0 Å². The summed E-state index contributed by atoms with van der Waals surface area (Å²) in [6.07, 6.45) is 0. The van der Waals surface area contributed by atoms with Crippen molar-refractivity contribution in [3.63, 3.8) is 0 Å². The van der Waals surface area contributed by atoms with Gasteiger partial charge in [-0.05, 0) is 24.6 Å². The van der Waals surface area contributed by atoms with E-state index in [2.05, 4.69) is 41.4 Å². The molecule has 102 valence electrons. The van der Waals surface area contributed by atoms with Gasteiger partial charge in [-0.15, -0.1) is 0 Å². The molecule has 1 atom stereocenters. The zero-order valence-electron chi connectivity index (χ0n) is 11.5. The molecule has 0 aliphatic carbocycles. The summed E-state index contributed by atoms with van der Waals surface area (Å²) in [4.78, 5) is 2.09. The van der Waals surface area contributed by atoms with E-state index in [0.717, 1.165) is 6.54 Å². The summed E-state index contributed by atoms with van der Waals surface area (Å²) < 4.78 is 5.20. The van der Waals surface area contributed by atoms with Crippen molar-refractivity contribution in [2.24, 2.45) is 0 Å². The maximum atomic E-state index is 8.57. The van der Waals surface area contributed by atoms with Crippen LogP contribution < -0.4 is 10.2 Å². The predicted molar refractivity (Wildman–Crippen MR) is 75.1 cm³/mol. The molecule has 1 aromatic rings. The topological polar surface area (TPSA) is 44.7 Å². The smallest absolute Gasteiger partial charge is 0.0698 e. The first-order valence-electron chi connectivity index (χ1n) is 6.34. The molecule has 1 rings (SSSR count). The standard InChI is InChI=1S/C14H24N2O2/c1-12(15-8-10-18-11-9-17)13-4-6-14(7-5-13)16(2)3/h4-7,12,15,17H,8-11H2,1-3H3. The van der Waals surface area contributed by atoms with Crippen LogP contribution in [-0.4, -0.2) is 45.6 Å². The van der Waals surface area contributed by atoms with E-state index in [1.807, 2.05) is 14.1 Å². The first-order chi connectivity index (χ1) is 8.65. The second kappa shape index (κ2) is 8.08. The van der Waals surface area contributed by atoms with Gasteiger partial charge in [0.15, 0.2) is 0 Å². The molecule has 0 saturated carbocycles. The fourth-order valence-corrected chi connectivity index (χ4v) is 1.69. The number of nitrogens with one attached hydrogen (secondary N) is 1. The molecule has 0 radical (unpaired) electrons. The van der Waals surface area contributed by atoms with Gasteiger partial charge in [0.25, 0.3) is 0 Å². The highest BCUT2D eigenvalue weighted by molar-refractivity contribution is 5.46. The fourth-order valence-electron chi connectivity index (χ4n) is 1.69. The molecule has 0 bridgehead atoms. The Kier molecular flexibility index (Phi) is 6.72. The number of anilines is 1. The second-order valence-electron chi connectivity index (χ2n) is 4.50. The van der Waals surface area contributed by atoms with Gasteiger partial charge in [-0.25, -0.2) is 0 Å². The Balaban J connectivity index is 2.34. The molecule has 4 nitrogen and oxygen atoms in total. The van der Waals surface area contributed by atoms with E-state index in [9.17, 15) is 0 Å². The van der Waals surface area contributed by atoms with Crippen LogP contribution in [0.4, 0.5) is 5.69 Å². The first kappa shape index (κ1) is 15.0. The van der Waals surface area contributed by atoms with Crippen molar-refractivity contribution in [1.82, 2.24) is 5.32 Å². The number of hydrogen-bond donors (Lipinski definition) is 2. The summed E-state index contributed by atoms with van der Waals surface area (Å²) in [5.74, 6) is 0. The fraction of sp³-hybridized carbons (Fsp3) is 0.571. The number of benzene rings is 1. The highest BCUT2D eigenvalue weighted by Crippen LogP contribution is 2.17. The second-order valence-corrected chi connectivity index (χ2v) is 4.50. The van der Waals surface area contributed by atoms with Crippen LogP contribution in [0.2, 0.25) is 0 Å². The van der Waals surface area contributed by atoms with E-state index in [0.29, 0.717) is 19.3 Å². The van der Waals surface area contributed by atoms with Crippen molar-refractivity contribution in [2.45, 2.75) is 13.0 Å². The maximum absolute atomic E-state index is 8.57. The van der Waals surface area contributed by atoms with Crippen molar-refractivity contribution in [2.75, 3.05) is 45.4 Å². The lowest BCUT2D eigenvalue weighted by molar-refractivity contribution is 0.0928. The lowest BCUT2D eigenvalue weighted by atomic mass is 10.1. The van der Waals surface area contributed by atoms with E-state index >= 15 is 0 Å². The normalized spacial score (nSPS) is 12.4. The minimum Gasteiger partial charge on any atom is -0.394 e. The summed E-state index contributed by atoms with van der Waals surface area (Å²) in [5.41, 5.74) is 2.47. The quantitative estimate of drug-likeness (QED) is 0.687. The van der Waals surface area contributed by atoms with E-state index in [1.165, 1.54) is 11.3 Å². The van der Waals surface area contributed by atoms with Crippen molar-refractivity contribution < 1.29 is 9.84 Å². The van der Waals surface area contributed by atoms with E-state index in [-0.39, 0.29) is 6.61 Å². The number of hydrogen-bond acceptors (Lipinski definition) is 4. The third-order valence-corrected chi connectivity index (χ3v) is 2.84. The number of aliphatic hydroxyl groups excluding tert-OH is 1. The number of ether oxygens (including phenoxy) is 1. The molecule has 0 fully saturated rings. The molecular weight excluding hydrogens is 228 g/mol. The van der Waals surface area contributed by atoms with Crippen LogP contribution in [0.3, 0.4) is 0 Å². The predicted octanol–water partition coefficient (Wildman–Crippen LogP) is 1.41. The Hall–Kier alpha value is -1.10. The average Bonchev–Trinajstić information content (AvgIpc) is 2.38. The zero-order chi connectivity index (χ0) is 13.4. The van der Waals surface area contributed by atoms with Gasteiger partial charge in [0.1, 0.15) is 0 Å². The van der Waals surface area contributed by atoms with Crippen LogP contribution >= 0.6 is 0 Å². The number of nitrogens with zero attached hydrogens (tertiary/aromatic N) is 1. The molecule has 0 aliphatic rings. The third kappa shape index (κ3) is 5.04. The van der Waals surface area contributed by atoms with Crippen LogP contribution in [0.25, 0.3) is 0 Å². The Morgan fingerprint density at radius 2 is 1.89 bits per heavy atom. The molecule has 0 amide bonds. The van der Waals surface area contributed by atoms with Gasteiger partial charge in [0, 0.05) is 32.4 Å². The molecule has 4 heteroatoms. The summed E-state index contributed by atoms with van der Waals surface area (Å²) in [6, 6.07) is 8.83. The third-order valence-electron chi connectivity index (χ3n) is 2.84. The van der Waals surface area contributed by atoms with Crippen LogP contribution in [0.1, 0.15) is 18.5 Å². The molecule has 18 heavy (non-hydrogen) atoms. The molecule has 0 aromatic heterocycles. The maximum Gasteiger partial charge on any atom is 0.0698 e. The van der Waals surface area contributed by atoms with Crippen LogP contribution in [0.5, 0.6) is 0 Å². The summed E-state index contributed by atoms with van der Waals surface area (Å²) in [6.45, 7) is 4.04. The van der Waals surface area contributed by atoms with Crippen molar-refractivity contribution in [3.8, 4) is 0 Å². The lowest BCUT2D eigenvalue weighted by Gasteiger charge is -2.17. The molecule has 0 spiro atoms. The number of rotatable bonds is 8. The average molecular weight is 252 g/mol. The molecular formula is C14H24N2O2. The summed E-state index contributed by atoms with van der Waals surface area (Å²) in [5, 5.41) is 12.0. The molecule has 1 unspecified atom stereocenters. The number of aliphatic hydroxyl groups is 1. The first-order valence-corrected chi connectivity index (χ1v) is 6.34. The van der Waals surface area contributed by atoms with Gasteiger partial charge in [0.05, 0.1) is 19.8 Å². The van der Waals surface area contributed by atoms with Crippen molar-refractivity contribution in [3.05, 3.63) is 29.8 Å². The van der Waals surface area contributed by atoms with E-state index in [4.69, 9.17) is 9.84 Å². The van der Waals surface area contributed by atoms with Crippen LogP contribution in [0, 0.1) is 0 Å². The van der Waals surface area contributed by atoms with Gasteiger partial charge >= 0.3 is 0 Å². The van der Waals surface area contributed by atoms with E-state index < -0.39 is 0 Å². The Bertz CT molecular complexity index is 325. The van der Waals surface area contributed by atoms with Crippen LogP contribution in [0.15, 0.2) is 24.3 Å². The van der Waals surface area contributed by atoms with Gasteiger partial charge in [-0.1, -0.05) is 12.1 Å². The van der Waals surface area contributed by atoms with E-state index in [1.54, 1.807) is 0 Å². The Labute approximate surface area is 110 Å². The summed E-state index contributed by atoms with van der Waals surface area (Å²) in [7, 11) is 4.07. The molecule has 1 aromatic carbocycles. The molecule has 0 heterocycles. The molecule has 0 saturated heterocycles. The molecule has 0 aliphatic heterocycles. The minimum atomic E-state index is 0.0849. The van der Waals surface area contributed by atoms with Gasteiger partial charge in [0.2, 0.25) is 0 Å². The molecule has 2 N–H and O–H groups in total. The van der Waals surface area contributed by atoms with Gasteiger partial charge < -0.3 is 20.1 Å². The van der Waals surface area contributed by atoms with Crippen LogP contribution in [-0.2, 0) is 4.74 Å².